The zero-order valence-corrected chi connectivity index (χ0v) is 19.8. The molecule has 3 aromatic rings. The predicted octanol–water partition coefficient (Wildman–Crippen LogP) is 7.07. The van der Waals surface area contributed by atoms with Crippen molar-refractivity contribution in [2.75, 3.05) is 6.61 Å². The number of carbonyl (C=O) groups is 1. The lowest BCUT2D eigenvalue weighted by molar-refractivity contribution is -0.121. The molecule has 0 saturated heterocycles. The van der Waals surface area contributed by atoms with Crippen LogP contribution in [0.4, 0.5) is 0 Å². The molecule has 1 amide bonds. The van der Waals surface area contributed by atoms with Crippen molar-refractivity contribution in [3.63, 3.8) is 0 Å². The van der Waals surface area contributed by atoms with E-state index in [0.717, 1.165) is 36.3 Å². The smallest absolute Gasteiger partial charge is 0.224 e. The molecule has 3 heteroatoms. The summed E-state index contributed by atoms with van der Waals surface area (Å²) in [6, 6.07) is 28.3. The minimum Gasteiger partial charge on any atom is -0.494 e. The Morgan fingerprint density at radius 3 is 2.09 bits per heavy atom. The number of amides is 1. The van der Waals surface area contributed by atoms with Crippen molar-refractivity contribution in [3.05, 3.63) is 102 Å². The van der Waals surface area contributed by atoms with Crippen molar-refractivity contribution in [2.24, 2.45) is 0 Å². The molecule has 0 heterocycles. The summed E-state index contributed by atoms with van der Waals surface area (Å²) in [7, 11) is 0. The summed E-state index contributed by atoms with van der Waals surface area (Å²) < 4.78 is 5.86. The Kier molecular flexibility index (Phi) is 10.5. The molecule has 1 unspecified atom stereocenters. The van der Waals surface area contributed by atoms with Crippen LogP contribution in [0.15, 0.2) is 84.9 Å². The number of benzene rings is 3. The van der Waals surface area contributed by atoms with Gasteiger partial charge in [0, 0.05) is 0 Å². The van der Waals surface area contributed by atoms with Gasteiger partial charge in [-0.25, -0.2) is 0 Å². The van der Waals surface area contributed by atoms with Gasteiger partial charge in [-0.2, -0.15) is 0 Å². The van der Waals surface area contributed by atoms with Gasteiger partial charge in [-0.05, 0) is 41.7 Å². The van der Waals surface area contributed by atoms with Gasteiger partial charge in [-0.15, -0.1) is 0 Å². The minimum absolute atomic E-state index is 0.0283. The molecule has 3 rings (SSSR count). The lowest BCUT2D eigenvalue weighted by atomic mass is 9.98. The first-order valence-electron chi connectivity index (χ1n) is 12.3. The summed E-state index contributed by atoms with van der Waals surface area (Å²) in [5.41, 5.74) is 3.32. The number of unbranched alkanes of at least 4 members (excludes halogenated alkanes) is 5. The topological polar surface area (TPSA) is 38.3 Å². The molecule has 0 bridgehead atoms. The number of rotatable bonds is 14. The van der Waals surface area contributed by atoms with Crippen LogP contribution >= 0.6 is 0 Å². The van der Waals surface area contributed by atoms with Gasteiger partial charge in [0.05, 0.1) is 19.1 Å². The molecule has 33 heavy (non-hydrogen) atoms. The standard InChI is InChI=1S/C30H37NO2/c1-2-3-4-5-6-13-22-33-28-20-18-26(19-21-28)24-30(32)31-29(27-16-11-8-12-17-27)23-25-14-9-7-10-15-25/h7-12,14-21,29H,2-6,13,22-24H2,1H3,(H,31,32). The van der Waals surface area contributed by atoms with Gasteiger partial charge in [0.2, 0.25) is 5.91 Å². The number of ether oxygens (including phenoxy) is 1. The third-order valence-corrected chi connectivity index (χ3v) is 5.87. The minimum atomic E-state index is -0.0546. The number of hydrogen-bond acceptors (Lipinski definition) is 2. The quantitative estimate of drug-likeness (QED) is 0.271. The third kappa shape index (κ3) is 9.13. The van der Waals surface area contributed by atoms with E-state index >= 15 is 0 Å². The highest BCUT2D eigenvalue weighted by Crippen LogP contribution is 2.19. The zero-order chi connectivity index (χ0) is 23.1. The van der Waals surface area contributed by atoms with Gasteiger partial charge >= 0.3 is 0 Å². The fraction of sp³-hybridized carbons (Fsp3) is 0.367. The van der Waals surface area contributed by atoms with Crippen molar-refractivity contribution in [2.45, 2.75) is 64.3 Å². The number of nitrogens with one attached hydrogen (secondary N) is 1. The molecule has 0 radical (unpaired) electrons. The maximum Gasteiger partial charge on any atom is 0.224 e. The van der Waals surface area contributed by atoms with Gasteiger partial charge in [0.25, 0.3) is 0 Å². The molecule has 0 saturated carbocycles. The van der Waals surface area contributed by atoms with E-state index in [9.17, 15) is 4.79 Å². The van der Waals surface area contributed by atoms with Crippen LogP contribution in [-0.2, 0) is 17.6 Å². The van der Waals surface area contributed by atoms with E-state index in [1.54, 1.807) is 0 Å². The Bertz CT molecular complexity index is 923. The summed E-state index contributed by atoms with van der Waals surface area (Å²) >= 11 is 0. The summed E-state index contributed by atoms with van der Waals surface area (Å²) in [5, 5.41) is 3.24. The second-order valence-corrected chi connectivity index (χ2v) is 8.66. The van der Waals surface area contributed by atoms with Crippen molar-refractivity contribution < 1.29 is 9.53 Å². The molecular weight excluding hydrogens is 406 g/mol. The summed E-state index contributed by atoms with van der Waals surface area (Å²) in [6.07, 6.45) is 8.66. The zero-order valence-electron chi connectivity index (χ0n) is 19.8. The Morgan fingerprint density at radius 1 is 0.758 bits per heavy atom. The molecule has 3 nitrogen and oxygen atoms in total. The van der Waals surface area contributed by atoms with Crippen LogP contribution in [0.3, 0.4) is 0 Å². The molecule has 1 atom stereocenters. The Hall–Kier alpha value is -3.07. The number of hydrogen-bond donors (Lipinski definition) is 1. The normalized spacial score (nSPS) is 11.7. The SMILES string of the molecule is CCCCCCCCOc1ccc(CC(=O)NC(Cc2ccccc2)c2ccccc2)cc1. The van der Waals surface area contributed by atoms with E-state index < -0.39 is 0 Å². The average molecular weight is 444 g/mol. The van der Waals surface area contributed by atoms with Crippen molar-refractivity contribution >= 4 is 5.91 Å². The molecule has 0 aliphatic rings. The van der Waals surface area contributed by atoms with Gasteiger partial charge in [0.1, 0.15) is 5.75 Å². The highest BCUT2D eigenvalue weighted by atomic mass is 16.5. The van der Waals surface area contributed by atoms with Gasteiger partial charge < -0.3 is 10.1 Å². The van der Waals surface area contributed by atoms with Crippen LogP contribution in [-0.4, -0.2) is 12.5 Å². The molecule has 0 aliphatic carbocycles. The Labute approximate surface area is 199 Å². The van der Waals surface area contributed by atoms with Crippen LogP contribution in [0.5, 0.6) is 5.75 Å². The second kappa shape index (κ2) is 14.2. The molecule has 1 N–H and O–H groups in total. The molecule has 0 fully saturated rings. The maximum atomic E-state index is 12.8. The van der Waals surface area contributed by atoms with E-state index in [4.69, 9.17) is 4.74 Å². The lowest BCUT2D eigenvalue weighted by Crippen LogP contribution is -2.31. The summed E-state index contributed by atoms with van der Waals surface area (Å²) in [6.45, 7) is 2.99. The van der Waals surface area contributed by atoms with E-state index in [-0.39, 0.29) is 11.9 Å². The first-order valence-corrected chi connectivity index (χ1v) is 12.3. The van der Waals surface area contributed by atoms with E-state index in [0.29, 0.717) is 6.42 Å². The molecule has 0 spiro atoms. The van der Waals surface area contributed by atoms with Crippen molar-refractivity contribution in [1.82, 2.24) is 5.32 Å². The molecule has 3 aromatic carbocycles. The highest BCUT2D eigenvalue weighted by Gasteiger charge is 2.15. The monoisotopic (exact) mass is 443 g/mol. The first kappa shape index (κ1) is 24.6. The Balaban J connectivity index is 1.48. The fourth-order valence-corrected chi connectivity index (χ4v) is 3.99. The summed E-state index contributed by atoms with van der Waals surface area (Å²) in [5.74, 6) is 0.902. The van der Waals surface area contributed by atoms with Crippen LogP contribution in [0.25, 0.3) is 0 Å². The van der Waals surface area contributed by atoms with E-state index in [1.807, 2.05) is 60.7 Å². The summed E-state index contributed by atoms with van der Waals surface area (Å²) in [4.78, 5) is 12.8. The second-order valence-electron chi connectivity index (χ2n) is 8.66. The predicted molar refractivity (Wildman–Crippen MR) is 136 cm³/mol. The molecular formula is C30H37NO2. The fourth-order valence-electron chi connectivity index (χ4n) is 3.99. The van der Waals surface area contributed by atoms with Crippen LogP contribution in [0.2, 0.25) is 0 Å². The van der Waals surface area contributed by atoms with Crippen LogP contribution < -0.4 is 10.1 Å². The Morgan fingerprint density at radius 2 is 1.39 bits per heavy atom. The average Bonchev–Trinajstić information content (AvgIpc) is 2.85. The third-order valence-electron chi connectivity index (χ3n) is 5.87. The molecule has 174 valence electrons. The van der Waals surface area contributed by atoms with Gasteiger partial charge in [0.15, 0.2) is 0 Å². The first-order chi connectivity index (χ1) is 16.2. The van der Waals surface area contributed by atoms with Gasteiger partial charge in [-0.3, -0.25) is 4.79 Å². The van der Waals surface area contributed by atoms with Crippen LogP contribution in [0, 0.1) is 0 Å². The number of carbonyl (C=O) groups excluding carboxylic acids is 1. The molecule has 0 aromatic heterocycles. The van der Waals surface area contributed by atoms with Crippen molar-refractivity contribution in [1.29, 1.82) is 0 Å². The largest absolute Gasteiger partial charge is 0.494 e. The lowest BCUT2D eigenvalue weighted by Gasteiger charge is -2.20. The maximum absolute atomic E-state index is 12.8. The van der Waals surface area contributed by atoms with Crippen molar-refractivity contribution in [3.8, 4) is 5.75 Å². The van der Waals surface area contributed by atoms with E-state index in [2.05, 4.69) is 36.5 Å². The van der Waals surface area contributed by atoms with Crippen LogP contribution in [0.1, 0.15) is 68.2 Å². The molecule has 0 aliphatic heterocycles. The highest BCUT2D eigenvalue weighted by molar-refractivity contribution is 5.79. The van der Waals surface area contributed by atoms with E-state index in [1.165, 1.54) is 37.7 Å². The van der Waals surface area contributed by atoms with Gasteiger partial charge in [-0.1, -0.05) is 112 Å².